The second kappa shape index (κ2) is 10.0. The predicted octanol–water partition coefficient (Wildman–Crippen LogP) is 3.66. The van der Waals surface area contributed by atoms with Gasteiger partial charge in [0.15, 0.2) is 5.11 Å². The van der Waals surface area contributed by atoms with E-state index in [1.807, 2.05) is 0 Å². The SMILES string of the molecule is CCOC(=O)C=C(C)NC(=S)Nc1ccc(Cl)c(C(=O)OC(C)C)c1. The Kier molecular flexibility index (Phi) is 8.37. The van der Waals surface area contributed by atoms with E-state index in [0.29, 0.717) is 18.0 Å². The lowest BCUT2D eigenvalue weighted by Crippen LogP contribution is -2.27. The molecule has 0 amide bonds. The molecule has 6 nitrogen and oxygen atoms in total. The van der Waals surface area contributed by atoms with E-state index in [1.165, 1.54) is 6.08 Å². The van der Waals surface area contributed by atoms with E-state index in [0.717, 1.165) is 0 Å². The zero-order valence-electron chi connectivity index (χ0n) is 14.5. The van der Waals surface area contributed by atoms with Crippen LogP contribution < -0.4 is 10.6 Å². The maximum atomic E-state index is 12.0. The molecule has 0 fully saturated rings. The Morgan fingerprint density at radius 3 is 2.64 bits per heavy atom. The third-order valence-corrected chi connectivity index (χ3v) is 3.25. The topological polar surface area (TPSA) is 76.7 Å². The standard InChI is InChI=1S/C17H21ClN2O4S/c1-5-23-15(21)8-11(4)19-17(25)20-12-6-7-14(18)13(9-12)16(22)24-10(2)3/h6-10H,5H2,1-4H3,(H2,19,20,25). The average molecular weight is 385 g/mol. The smallest absolute Gasteiger partial charge is 0.339 e. The molecule has 1 rings (SSSR count). The van der Waals surface area contributed by atoms with Crippen LogP contribution in [0.15, 0.2) is 30.0 Å². The fraction of sp³-hybridized carbons (Fsp3) is 0.353. The predicted molar refractivity (Wildman–Crippen MR) is 102 cm³/mol. The third-order valence-electron chi connectivity index (χ3n) is 2.72. The fourth-order valence-electron chi connectivity index (χ4n) is 1.78. The molecule has 0 aliphatic heterocycles. The molecule has 8 heteroatoms. The van der Waals surface area contributed by atoms with Gasteiger partial charge in [-0.2, -0.15) is 0 Å². The summed E-state index contributed by atoms with van der Waals surface area (Å²) in [6.07, 6.45) is 1.05. The summed E-state index contributed by atoms with van der Waals surface area (Å²) >= 11 is 11.2. The molecule has 0 radical (unpaired) electrons. The van der Waals surface area contributed by atoms with Crippen LogP contribution in [0.3, 0.4) is 0 Å². The Hall–Kier alpha value is -2.12. The van der Waals surface area contributed by atoms with Crippen molar-refractivity contribution in [3.63, 3.8) is 0 Å². The quantitative estimate of drug-likeness (QED) is 0.440. The van der Waals surface area contributed by atoms with Gasteiger partial charge >= 0.3 is 11.9 Å². The van der Waals surface area contributed by atoms with E-state index in [-0.39, 0.29) is 21.8 Å². The maximum Gasteiger partial charge on any atom is 0.339 e. The van der Waals surface area contributed by atoms with E-state index < -0.39 is 11.9 Å². The highest BCUT2D eigenvalue weighted by Gasteiger charge is 2.14. The first-order valence-electron chi connectivity index (χ1n) is 7.66. The number of ether oxygens (including phenoxy) is 2. The monoisotopic (exact) mass is 384 g/mol. The van der Waals surface area contributed by atoms with Gasteiger partial charge in [-0.3, -0.25) is 0 Å². The van der Waals surface area contributed by atoms with Gasteiger partial charge in [-0.25, -0.2) is 9.59 Å². The number of benzene rings is 1. The van der Waals surface area contributed by atoms with Crippen LogP contribution in [-0.2, 0) is 14.3 Å². The number of rotatable bonds is 6. The molecule has 136 valence electrons. The molecule has 2 N–H and O–H groups in total. The molecule has 0 aliphatic rings. The summed E-state index contributed by atoms with van der Waals surface area (Å²) in [5.74, 6) is -0.971. The fourth-order valence-corrected chi connectivity index (χ4v) is 2.25. The van der Waals surface area contributed by atoms with Crippen LogP contribution in [0.5, 0.6) is 0 Å². The van der Waals surface area contributed by atoms with Crippen LogP contribution in [0.2, 0.25) is 5.02 Å². The lowest BCUT2D eigenvalue weighted by molar-refractivity contribution is -0.137. The number of hydrogen-bond donors (Lipinski definition) is 2. The van der Waals surface area contributed by atoms with Crippen molar-refractivity contribution in [3.05, 3.63) is 40.6 Å². The molecular formula is C17H21ClN2O4S. The van der Waals surface area contributed by atoms with Crippen molar-refractivity contribution in [2.24, 2.45) is 0 Å². The minimum atomic E-state index is -0.513. The summed E-state index contributed by atoms with van der Waals surface area (Å²) < 4.78 is 9.96. The van der Waals surface area contributed by atoms with Crippen molar-refractivity contribution in [2.45, 2.75) is 33.8 Å². The Morgan fingerprint density at radius 1 is 1.36 bits per heavy atom. The van der Waals surface area contributed by atoms with Crippen molar-refractivity contribution in [2.75, 3.05) is 11.9 Å². The Morgan fingerprint density at radius 2 is 2.04 bits per heavy atom. The van der Waals surface area contributed by atoms with E-state index >= 15 is 0 Å². The normalized spacial score (nSPS) is 11.0. The number of carbonyl (C=O) groups is 2. The van der Waals surface area contributed by atoms with Crippen LogP contribution in [-0.4, -0.2) is 29.8 Å². The molecule has 0 unspecified atom stereocenters. The first kappa shape index (κ1) is 20.9. The van der Waals surface area contributed by atoms with Crippen molar-refractivity contribution in [1.82, 2.24) is 5.32 Å². The summed E-state index contributed by atoms with van der Waals surface area (Å²) in [7, 11) is 0. The van der Waals surface area contributed by atoms with E-state index in [1.54, 1.807) is 45.9 Å². The third kappa shape index (κ3) is 7.53. The zero-order valence-corrected chi connectivity index (χ0v) is 16.1. The Bertz CT molecular complexity index is 689. The van der Waals surface area contributed by atoms with E-state index in [4.69, 9.17) is 33.3 Å². The Labute approximate surface area is 157 Å². The molecule has 0 saturated heterocycles. The largest absolute Gasteiger partial charge is 0.463 e. The molecule has 0 atom stereocenters. The van der Waals surface area contributed by atoms with Gasteiger partial charge in [0.25, 0.3) is 0 Å². The minimum absolute atomic E-state index is 0.238. The van der Waals surface area contributed by atoms with E-state index in [2.05, 4.69) is 10.6 Å². The van der Waals surface area contributed by atoms with Crippen LogP contribution >= 0.6 is 23.8 Å². The number of hydrogen-bond acceptors (Lipinski definition) is 5. The number of thiocarbonyl (C=S) groups is 1. The van der Waals surface area contributed by atoms with Crippen molar-refractivity contribution in [1.29, 1.82) is 0 Å². The molecule has 0 heterocycles. The van der Waals surface area contributed by atoms with Crippen LogP contribution in [0.4, 0.5) is 5.69 Å². The molecule has 1 aromatic carbocycles. The Balaban J connectivity index is 2.78. The number of allylic oxidation sites excluding steroid dienone is 1. The highest BCUT2D eigenvalue weighted by Crippen LogP contribution is 2.22. The number of nitrogens with one attached hydrogen (secondary N) is 2. The van der Waals surface area contributed by atoms with Crippen LogP contribution in [0.25, 0.3) is 0 Å². The number of esters is 2. The number of carbonyl (C=O) groups excluding carboxylic acids is 2. The molecule has 25 heavy (non-hydrogen) atoms. The van der Waals surface area contributed by atoms with Gasteiger partial charge in [0.05, 0.1) is 23.3 Å². The summed E-state index contributed by atoms with van der Waals surface area (Å²) in [6, 6.07) is 4.79. The first-order chi connectivity index (χ1) is 11.7. The summed E-state index contributed by atoms with van der Waals surface area (Å²) in [5.41, 5.74) is 1.31. The molecule has 0 aliphatic carbocycles. The summed E-state index contributed by atoms with van der Waals surface area (Å²) in [4.78, 5) is 23.4. The molecule has 0 spiro atoms. The van der Waals surface area contributed by atoms with Gasteiger partial charge in [-0.05, 0) is 58.1 Å². The highest BCUT2D eigenvalue weighted by molar-refractivity contribution is 7.80. The average Bonchev–Trinajstić information content (AvgIpc) is 2.48. The number of halogens is 1. The van der Waals surface area contributed by atoms with Crippen molar-refractivity contribution >= 4 is 46.6 Å². The van der Waals surface area contributed by atoms with Crippen LogP contribution in [0, 0.1) is 0 Å². The summed E-state index contributed by atoms with van der Waals surface area (Å²) in [5, 5.41) is 6.30. The molecule has 1 aromatic rings. The zero-order chi connectivity index (χ0) is 19.0. The second-order valence-corrected chi connectivity index (χ2v) is 6.12. The second-order valence-electron chi connectivity index (χ2n) is 5.31. The highest BCUT2D eigenvalue weighted by atomic mass is 35.5. The molecule has 0 bridgehead atoms. The van der Waals surface area contributed by atoms with E-state index in [9.17, 15) is 9.59 Å². The molecule has 0 aromatic heterocycles. The van der Waals surface area contributed by atoms with Gasteiger partial charge in [0, 0.05) is 17.5 Å². The first-order valence-corrected chi connectivity index (χ1v) is 8.45. The van der Waals surface area contributed by atoms with Gasteiger partial charge in [0.1, 0.15) is 0 Å². The maximum absolute atomic E-state index is 12.0. The van der Waals surface area contributed by atoms with Gasteiger partial charge in [0.2, 0.25) is 0 Å². The van der Waals surface area contributed by atoms with Gasteiger partial charge in [-0.1, -0.05) is 11.6 Å². The number of anilines is 1. The lowest BCUT2D eigenvalue weighted by Gasteiger charge is -2.13. The molecule has 0 saturated carbocycles. The minimum Gasteiger partial charge on any atom is -0.463 e. The van der Waals surface area contributed by atoms with Crippen molar-refractivity contribution in [3.8, 4) is 0 Å². The molecular weight excluding hydrogens is 364 g/mol. The van der Waals surface area contributed by atoms with Crippen molar-refractivity contribution < 1.29 is 19.1 Å². The summed E-state index contributed by atoms with van der Waals surface area (Å²) in [6.45, 7) is 7.21. The van der Waals surface area contributed by atoms with Crippen LogP contribution in [0.1, 0.15) is 38.1 Å². The van der Waals surface area contributed by atoms with Gasteiger partial charge in [-0.15, -0.1) is 0 Å². The van der Waals surface area contributed by atoms with Gasteiger partial charge < -0.3 is 20.1 Å². The lowest BCUT2D eigenvalue weighted by atomic mass is 10.2.